The lowest BCUT2D eigenvalue weighted by molar-refractivity contribution is -0.157. The standard InChI is InChI=1S/C24H25NO5/c1-5-28-22(26)19-15-17-9-7-8-10-20(17)25-21(19)16-11-13-18(14-12-16)30-23(27)24(3,4)29-6-2/h7-15H,5-6H2,1-4H3. The largest absolute Gasteiger partial charge is 0.462 e. The van der Waals surface area contributed by atoms with E-state index in [2.05, 4.69) is 4.98 Å². The average Bonchev–Trinajstić information content (AvgIpc) is 2.73. The molecule has 2 aromatic carbocycles. The van der Waals surface area contributed by atoms with Gasteiger partial charge in [-0.05, 0) is 64.1 Å². The summed E-state index contributed by atoms with van der Waals surface area (Å²) in [5.41, 5.74) is 1.35. The number of nitrogens with zero attached hydrogens (tertiary/aromatic N) is 1. The van der Waals surface area contributed by atoms with E-state index < -0.39 is 17.5 Å². The number of para-hydroxylation sites is 1. The maximum absolute atomic E-state index is 12.5. The molecule has 0 bridgehead atoms. The lowest BCUT2D eigenvalue weighted by Crippen LogP contribution is -2.38. The van der Waals surface area contributed by atoms with Crippen LogP contribution in [0.1, 0.15) is 38.1 Å². The van der Waals surface area contributed by atoms with Crippen LogP contribution >= 0.6 is 0 Å². The van der Waals surface area contributed by atoms with E-state index in [-0.39, 0.29) is 6.61 Å². The number of rotatable bonds is 7. The van der Waals surface area contributed by atoms with Gasteiger partial charge in [0, 0.05) is 17.6 Å². The molecular formula is C24H25NO5. The number of carbonyl (C=O) groups is 2. The molecule has 6 nitrogen and oxygen atoms in total. The van der Waals surface area contributed by atoms with Crippen molar-refractivity contribution in [2.75, 3.05) is 13.2 Å². The van der Waals surface area contributed by atoms with Crippen LogP contribution < -0.4 is 4.74 Å². The third-order valence-electron chi connectivity index (χ3n) is 4.55. The minimum Gasteiger partial charge on any atom is -0.462 e. The molecular weight excluding hydrogens is 382 g/mol. The highest BCUT2D eigenvalue weighted by atomic mass is 16.6. The Morgan fingerprint density at radius 1 is 0.967 bits per heavy atom. The van der Waals surface area contributed by atoms with Gasteiger partial charge in [0.25, 0.3) is 0 Å². The Bertz CT molecular complexity index is 1060. The smallest absolute Gasteiger partial charge is 0.343 e. The predicted molar refractivity (Wildman–Crippen MR) is 114 cm³/mol. The first-order chi connectivity index (χ1) is 14.4. The Kier molecular flexibility index (Phi) is 6.47. The third kappa shape index (κ3) is 4.66. The number of esters is 2. The zero-order valence-electron chi connectivity index (χ0n) is 17.6. The number of hydrogen-bond donors (Lipinski definition) is 0. The monoisotopic (exact) mass is 407 g/mol. The fourth-order valence-corrected chi connectivity index (χ4v) is 3.03. The summed E-state index contributed by atoms with van der Waals surface area (Å²) in [6.07, 6.45) is 0. The lowest BCUT2D eigenvalue weighted by Gasteiger charge is -2.22. The molecule has 0 aliphatic rings. The fraction of sp³-hybridized carbons (Fsp3) is 0.292. The van der Waals surface area contributed by atoms with E-state index in [1.807, 2.05) is 31.2 Å². The van der Waals surface area contributed by atoms with Crippen molar-refractivity contribution in [3.05, 3.63) is 60.2 Å². The zero-order chi connectivity index (χ0) is 21.7. The highest BCUT2D eigenvalue weighted by molar-refractivity contribution is 6.00. The molecule has 6 heteroatoms. The number of benzene rings is 2. The van der Waals surface area contributed by atoms with E-state index >= 15 is 0 Å². The lowest BCUT2D eigenvalue weighted by atomic mass is 10.0. The van der Waals surface area contributed by atoms with Gasteiger partial charge in [-0.1, -0.05) is 18.2 Å². The van der Waals surface area contributed by atoms with Crippen LogP contribution in [-0.4, -0.2) is 35.7 Å². The minimum absolute atomic E-state index is 0.273. The van der Waals surface area contributed by atoms with Gasteiger partial charge in [0.15, 0.2) is 5.60 Å². The molecule has 0 saturated carbocycles. The molecule has 0 saturated heterocycles. The van der Waals surface area contributed by atoms with E-state index in [0.717, 1.165) is 10.9 Å². The van der Waals surface area contributed by atoms with Gasteiger partial charge in [0.05, 0.1) is 23.4 Å². The molecule has 30 heavy (non-hydrogen) atoms. The van der Waals surface area contributed by atoms with Crippen molar-refractivity contribution in [1.29, 1.82) is 0 Å². The van der Waals surface area contributed by atoms with Crippen molar-refractivity contribution >= 4 is 22.8 Å². The summed E-state index contributed by atoms with van der Waals surface area (Å²) in [7, 11) is 0. The Morgan fingerprint density at radius 2 is 1.67 bits per heavy atom. The summed E-state index contributed by atoms with van der Waals surface area (Å²) in [6.45, 7) is 7.59. The molecule has 0 atom stereocenters. The first-order valence-corrected chi connectivity index (χ1v) is 9.89. The van der Waals surface area contributed by atoms with Gasteiger partial charge < -0.3 is 14.2 Å². The van der Waals surface area contributed by atoms with Crippen molar-refractivity contribution < 1.29 is 23.8 Å². The van der Waals surface area contributed by atoms with Gasteiger partial charge in [-0.15, -0.1) is 0 Å². The highest BCUT2D eigenvalue weighted by Gasteiger charge is 2.30. The number of ether oxygens (including phenoxy) is 3. The number of hydrogen-bond acceptors (Lipinski definition) is 6. The van der Waals surface area contributed by atoms with Crippen LogP contribution in [0.2, 0.25) is 0 Å². The number of fused-ring (bicyclic) bond motifs is 1. The first kappa shape index (κ1) is 21.5. The highest BCUT2D eigenvalue weighted by Crippen LogP contribution is 2.28. The molecule has 0 spiro atoms. The Hall–Kier alpha value is -3.25. The molecule has 3 rings (SSSR count). The molecule has 0 aliphatic carbocycles. The van der Waals surface area contributed by atoms with Crippen LogP contribution in [0.15, 0.2) is 54.6 Å². The molecule has 0 N–H and O–H groups in total. The van der Waals surface area contributed by atoms with Crippen molar-refractivity contribution in [3.8, 4) is 17.0 Å². The van der Waals surface area contributed by atoms with Gasteiger partial charge in [0.2, 0.25) is 0 Å². The first-order valence-electron chi connectivity index (χ1n) is 9.89. The fourth-order valence-electron chi connectivity index (χ4n) is 3.03. The quantitative estimate of drug-likeness (QED) is 0.414. The average molecular weight is 407 g/mol. The molecule has 0 unspecified atom stereocenters. The molecule has 0 amide bonds. The predicted octanol–water partition coefficient (Wildman–Crippen LogP) is 4.80. The second kappa shape index (κ2) is 9.05. The van der Waals surface area contributed by atoms with Crippen LogP contribution in [-0.2, 0) is 14.3 Å². The molecule has 0 fully saturated rings. The SMILES string of the molecule is CCOC(=O)c1cc2ccccc2nc1-c1ccc(OC(=O)C(C)(C)OCC)cc1. The van der Waals surface area contributed by atoms with Crippen LogP contribution in [0.4, 0.5) is 0 Å². The molecule has 0 aliphatic heterocycles. The maximum Gasteiger partial charge on any atom is 0.343 e. The normalized spacial score (nSPS) is 11.3. The van der Waals surface area contributed by atoms with Crippen LogP contribution in [0.25, 0.3) is 22.2 Å². The minimum atomic E-state index is -1.04. The van der Waals surface area contributed by atoms with Crippen LogP contribution in [0.5, 0.6) is 5.75 Å². The van der Waals surface area contributed by atoms with Gasteiger partial charge in [-0.25, -0.2) is 14.6 Å². The van der Waals surface area contributed by atoms with E-state index in [0.29, 0.717) is 29.2 Å². The Labute approximate surface area is 175 Å². The second-order valence-electron chi connectivity index (χ2n) is 7.15. The molecule has 3 aromatic rings. The summed E-state index contributed by atoms with van der Waals surface area (Å²) in [5, 5.41) is 0.855. The van der Waals surface area contributed by atoms with E-state index in [1.165, 1.54) is 0 Å². The molecule has 1 heterocycles. The van der Waals surface area contributed by atoms with E-state index in [4.69, 9.17) is 14.2 Å². The zero-order valence-corrected chi connectivity index (χ0v) is 17.6. The van der Waals surface area contributed by atoms with Crippen LogP contribution in [0.3, 0.4) is 0 Å². The van der Waals surface area contributed by atoms with Crippen molar-refractivity contribution in [3.63, 3.8) is 0 Å². The summed E-state index contributed by atoms with van der Waals surface area (Å²) in [5.74, 6) is -0.525. The summed E-state index contributed by atoms with van der Waals surface area (Å²) in [4.78, 5) is 29.5. The van der Waals surface area contributed by atoms with Crippen LogP contribution in [0, 0.1) is 0 Å². The van der Waals surface area contributed by atoms with Crippen molar-refractivity contribution in [2.45, 2.75) is 33.3 Å². The van der Waals surface area contributed by atoms with Gasteiger partial charge in [0.1, 0.15) is 5.75 Å². The Morgan fingerprint density at radius 3 is 2.33 bits per heavy atom. The van der Waals surface area contributed by atoms with Gasteiger partial charge in [-0.3, -0.25) is 0 Å². The van der Waals surface area contributed by atoms with E-state index in [1.54, 1.807) is 51.1 Å². The second-order valence-corrected chi connectivity index (χ2v) is 7.15. The Balaban J connectivity index is 1.94. The topological polar surface area (TPSA) is 74.7 Å². The van der Waals surface area contributed by atoms with Crippen molar-refractivity contribution in [1.82, 2.24) is 4.98 Å². The van der Waals surface area contributed by atoms with E-state index in [9.17, 15) is 9.59 Å². The molecule has 0 radical (unpaired) electrons. The number of pyridine rings is 1. The van der Waals surface area contributed by atoms with Gasteiger partial charge >= 0.3 is 11.9 Å². The number of carbonyl (C=O) groups excluding carboxylic acids is 2. The summed E-state index contributed by atoms with van der Waals surface area (Å²) in [6, 6.07) is 16.2. The van der Waals surface area contributed by atoms with Gasteiger partial charge in [-0.2, -0.15) is 0 Å². The number of aromatic nitrogens is 1. The summed E-state index contributed by atoms with van der Waals surface area (Å²) < 4.78 is 16.1. The maximum atomic E-state index is 12.5. The molecule has 156 valence electrons. The summed E-state index contributed by atoms with van der Waals surface area (Å²) >= 11 is 0. The van der Waals surface area contributed by atoms with Crippen molar-refractivity contribution in [2.24, 2.45) is 0 Å². The third-order valence-corrected chi connectivity index (χ3v) is 4.55. The molecule has 1 aromatic heterocycles.